The molecule has 0 aliphatic heterocycles. The number of hydrogen-bond acceptors (Lipinski definition) is 4. The van der Waals surface area contributed by atoms with Crippen molar-refractivity contribution in [2.24, 2.45) is 5.73 Å². The molecule has 1 rings (SSSR count). The van der Waals surface area contributed by atoms with Crippen LogP contribution >= 0.6 is 0 Å². The lowest BCUT2D eigenvalue weighted by atomic mass is 10.0. The summed E-state index contributed by atoms with van der Waals surface area (Å²) in [5.41, 5.74) is 4.88. The topological polar surface area (TPSA) is 96.3 Å². The number of nitrogens with two attached hydrogens (primary N) is 1. The predicted octanol–water partition coefficient (Wildman–Crippen LogP) is 1.32. The zero-order valence-electron chi connectivity index (χ0n) is 8.48. The Balaban J connectivity index is 3.35. The van der Waals surface area contributed by atoms with Crippen LogP contribution in [0.25, 0.3) is 0 Å². The highest BCUT2D eigenvalue weighted by Gasteiger charge is 2.17. The van der Waals surface area contributed by atoms with Crippen molar-refractivity contribution in [3.05, 3.63) is 28.8 Å². The lowest BCUT2D eigenvalue weighted by Gasteiger charge is -2.11. The molecule has 0 radical (unpaired) electrons. The summed E-state index contributed by atoms with van der Waals surface area (Å²) in [6.07, 6.45) is 0. The van der Waals surface area contributed by atoms with Crippen LogP contribution in [-0.2, 0) is 6.54 Å². The second-order valence-electron chi connectivity index (χ2n) is 3.01. The Morgan fingerprint density at radius 2 is 2.24 bits per heavy atom. The van der Waals surface area contributed by atoms with Gasteiger partial charge in [-0.15, -0.1) is 0 Å². The van der Waals surface area contributed by atoms with Crippen molar-refractivity contribution in [1.29, 1.82) is 5.26 Å². The minimum Gasteiger partial charge on any atom is -0.478 e. The van der Waals surface area contributed by atoms with Gasteiger partial charge in [-0.1, -0.05) is 0 Å². The number of hydrogen-bond donors (Lipinski definition) is 2. The molecule has 0 spiro atoms. The van der Waals surface area contributed by atoms with Crippen LogP contribution in [0.5, 0.6) is 5.75 Å². The van der Waals surface area contributed by atoms with Gasteiger partial charge in [0.2, 0.25) is 0 Å². The van der Waals surface area contributed by atoms with E-state index in [0.717, 1.165) is 12.1 Å². The van der Waals surface area contributed by atoms with Crippen molar-refractivity contribution in [2.75, 3.05) is 0 Å². The van der Waals surface area contributed by atoms with Crippen molar-refractivity contribution in [1.82, 2.24) is 0 Å². The molecule has 1 aromatic rings. The maximum absolute atomic E-state index is 12.1. The first kappa shape index (κ1) is 12.9. The number of nitriles is 1. The van der Waals surface area contributed by atoms with Crippen molar-refractivity contribution >= 4 is 5.97 Å². The molecule has 0 amide bonds. The Hall–Kier alpha value is -2.20. The van der Waals surface area contributed by atoms with Crippen molar-refractivity contribution in [3.8, 4) is 11.8 Å². The van der Waals surface area contributed by atoms with Gasteiger partial charge in [-0.25, -0.2) is 4.79 Å². The molecule has 1 aromatic carbocycles. The van der Waals surface area contributed by atoms with E-state index in [2.05, 4.69) is 4.74 Å². The highest BCUT2D eigenvalue weighted by molar-refractivity contribution is 5.91. The van der Waals surface area contributed by atoms with E-state index in [1.165, 1.54) is 0 Å². The summed E-state index contributed by atoms with van der Waals surface area (Å²) in [6, 6.07) is 3.65. The average molecular weight is 242 g/mol. The molecule has 0 bridgehead atoms. The number of carbonyl (C=O) groups is 1. The molecule has 0 fully saturated rings. The highest BCUT2D eigenvalue weighted by Crippen LogP contribution is 2.25. The van der Waals surface area contributed by atoms with Crippen LogP contribution in [0.2, 0.25) is 0 Å². The zero-order chi connectivity index (χ0) is 13.0. The van der Waals surface area contributed by atoms with E-state index >= 15 is 0 Å². The smallest absolute Gasteiger partial charge is 0.387 e. The average Bonchev–Trinajstić information content (AvgIpc) is 2.27. The van der Waals surface area contributed by atoms with Crippen molar-refractivity contribution in [2.45, 2.75) is 13.2 Å². The van der Waals surface area contributed by atoms with E-state index in [-0.39, 0.29) is 23.4 Å². The van der Waals surface area contributed by atoms with Crippen LogP contribution in [0.3, 0.4) is 0 Å². The van der Waals surface area contributed by atoms with E-state index in [0.29, 0.717) is 0 Å². The van der Waals surface area contributed by atoms with Crippen LogP contribution in [0, 0.1) is 11.3 Å². The summed E-state index contributed by atoms with van der Waals surface area (Å²) >= 11 is 0. The van der Waals surface area contributed by atoms with Crippen LogP contribution in [0.1, 0.15) is 21.5 Å². The Morgan fingerprint density at radius 1 is 1.59 bits per heavy atom. The number of rotatable bonds is 4. The van der Waals surface area contributed by atoms with Crippen LogP contribution in [-0.4, -0.2) is 17.7 Å². The largest absolute Gasteiger partial charge is 0.478 e. The minimum atomic E-state index is -3.09. The zero-order valence-corrected chi connectivity index (χ0v) is 8.48. The van der Waals surface area contributed by atoms with Gasteiger partial charge in [0, 0.05) is 12.1 Å². The van der Waals surface area contributed by atoms with E-state index in [1.54, 1.807) is 6.07 Å². The standard InChI is InChI=1S/C10H8F2N2O3/c11-10(12)17-8-2-7(9(15)16)5(3-13)1-6(8)4-14/h1-2,10H,4,14H2,(H,15,16). The van der Waals surface area contributed by atoms with E-state index < -0.39 is 18.1 Å². The Labute approximate surface area is 95.0 Å². The van der Waals surface area contributed by atoms with Gasteiger partial charge in [0.25, 0.3) is 0 Å². The van der Waals surface area contributed by atoms with Crippen molar-refractivity contribution < 1.29 is 23.4 Å². The molecule has 0 heterocycles. The normalized spacial score (nSPS) is 10.1. The molecule has 0 unspecified atom stereocenters. The molecule has 0 aliphatic rings. The number of carboxylic acids is 1. The fourth-order valence-corrected chi connectivity index (χ4v) is 1.26. The molecule has 90 valence electrons. The first-order valence-corrected chi connectivity index (χ1v) is 4.44. The lowest BCUT2D eigenvalue weighted by Crippen LogP contribution is -2.10. The summed E-state index contributed by atoms with van der Waals surface area (Å²) in [7, 11) is 0. The first-order valence-electron chi connectivity index (χ1n) is 4.44. The summed E-state index contributed by atoms with van der Waals surface area (Å²) in [4.78, 5) is 10.8. The van der Waals surface area contributed by atoms with E-state index in [9.17, 15) is 13.6 Å². The Kier molecular flexibility index (Phi) is 3.96. The highest BCUT2D eigenvalue weighted by atomic mass is 19.3. The molecular formula is C10H8F2N2O3. The van der Waals surface area contributed by atoms with Gasteiger partial charge in [-0.05, 0) is 12.1 Å². The number of halogens is 2. The van der Waals surface area contributed by atoms with Gasteiger partial charge < -0.3 is 15.6 Å². The van der Waals surface area contributed by atoms with Crippen LogP contribution in [0.4, 0.5) is 8.78 Å². The molecule has 0 aromatic heterocycles. The van der Waals surface area contributed by atoms with Gasteiger partial charge in [-0.3, -0.25) is 0 Å². The fourth-order valence-electron chi connectivity index (χ4n) is 1.26. The second kappa shape index (κ2) is 5.23. The SMILES string of the molecule is N#Cc1cc(CN)c(OC(F)F)cc1C(=O)O. The predicted molar refractivity (Wildman–Crippen MR) is 52.6 cm³/mol. The quantitative estimate of drug-likeness (QED) is 0.829. The number of aromatic carboxylic acids is 1. The fraction of sp³-hybridized carbons (Fsp3) is 0.200. The summed E-state index contributed by atoms with van der Waals surface area (Å²) in [5.74, 6) is -1.73. The first-order chi connectivity index (χ1) is 7.99. The number of benzene rings is 1. The molecule has 7 heteroatoms. The minimum absolute atomic E-state index is 0.142. The third-order valence-corrected chi connectivity index (χ3v) is 1.99. The summed E-state index contributed by atoms with van der Waals surface area (Å²) < 4.78 is 28.3. The van der Waals surface area contributed by atoms with Gasteiger partial charge in [0.1, 0.15) is 11.8 Å². The van der Waals surface area contributed by atoms with E-state index in [4.69, 9.17) is 16.1 Å². The Morgan fingerprint density at radius 3 is 2.65 bits per heavy atom. The summed E-state index contributed by atoms with van der Waals surface area (Å²) in [5, 5.41) is 17.5. The third kappa shape index (κ3) is 2.89. The maximum atomic E-state index is 12.1. The Bertz CT molecular complexity index is 483. The number of alkyl halides is 2. The summed E-state index contributed by atoms with van der Waals surface area (Å²) in [6.45, 7) is -3.23. The van der Waals surface area contributed by atoms with Crippen LogP contribution < -0.4 is 10.5 Å². The molecular weight excluding hydrogens is 234 g/mol. The van der Waals surface area contributed by atoms with Gasteiger partial charge in [-0.2, -0.15) is 14.0 Å². The molecule has 0 saturated carbocycles. The molecule has 17 heavy (non-hydrogen) atoms. The number of carboxylic acid groups (broad SMARTS) is 1. The lowest BCUT2D eigenvalue weighted by molar-refractivity contribution is -0.0505. The molecule has 0 saturated heterocycles. The number of nitrogens with zero attached hydrogens (tertiary/aromatic N) is 1. The maximum Gasteiger partial charge on any atom is 0.387 e. The molecule has 3 N–H and O–H groups in total. The molecule has 0 atom stereocenters. The van der Waals surface area contributed by atoms with Crippen LogP contribution in [0.15, 0.2) is 12.1 Å². The third-order valence-electron chi connectivity index (χ3n) is 1.99. The van der Waals surface area contributed by atoms with Gasteiger partial charge >= 0.3 is 12.6 Å². The van der Waals surface area contributed by atoms with Crippen molar-refractivity contribution in [3.63, 3.8) is 0 Å². The molecule has 5 nitrogen and oxygen atoms in total. The van der Waals surface area contributed by atoms with E-state index in [1.807, 2.05) is 0 Å². The van der Waals surface area contributed by atoms with Gasteiger partial charge in [0.15, 0.2) is 0 Å². The second-order valence-corrected chi connectivity index (χ2v) is 3.01. The molecule has 0 aliphatic carbocycles. The van der Waals surface area contributed by atoms with Gasteiger partial charge in [0.05, 0.1) is 11.1 Å². The monoisotopic (exact) mass is 242 g/mol. The number of ether oxygens (including phenoxy) is 1.